The van der Waals surface area contributed by atoms with Crippen molar-refractivity contribution in [3.8, 4) is 11.5 Å². The van der Waals surface area contributed by atoms with Crippen LogP contribution in [-0.4, -0.2) is 37.7 Å². The quantitative estimate of drug-likeness (QED) is 0.682. The highest BCUT2D eigenvalue weighted by Crippen LogP contribution is 2.30. The van der Waals surface area contributed by atoms with E-state index in [4.69, 9.17) is 9.47 Å². The molecule has 3 N–H and O–H groups in total. The predicted octanol–water partition coefficient (Wildman–Crippen LogP) is 2.13. The molecule has 0 bridgehead atoms. The van der Waals surface area contributed by atoms with Gasteiger partial charge in [-0.25, -0.2) is 4.79 Å². The average molecular weight is 323 g/mol. The van der Waals surface area contributed by atoms with E-state index in [1.165, 1.54) is 0 Å². The fourth-order valence-electron chi connectivity index (χ4n) is 1.88. The second kappa shape index (κ2) is 9.55. The fourth-order valence-corrected chi connectivity index (χ4v) is 1.88. The summed E-state index contributed by atoms with van der Waals surface area (Å²) in [6.45, 7) is 8.71. The van der Waals surface area contributed by atoms with E-state index in [1.54, 1.807) is 32.0 Å². The standard InChI is InChI=1S/C16H25N3O4/c1-5-17-16(21)19-15(20)11(4)18-13-10-12(22-6-2)8-9-14(13)23-7-3/h8-11,18H,5-7H2,1-4H3,(H2,17,19,20,21). The van der Waals surface area contributed by atoms with Crippen LogP contribution in [0.5, 0.6) is 11.5 Å². The minimum atomic E-state index is -0.617. The number of imide groups is 1. The highest BCUT2D eigenvalue weighted by Gasteiger charge is 2.17. The molecule has 1 rings (SSSR count). The van der Waals surface area contributed by atoms with E-state index in [0.29, 0.717) is 36.9 Å². The number of benzene rings is 1. The maximum absolute atomic E-state index is 12.0. The van der Waals surface area contributed by atoms with Crippen molar-refractivity contribution in [2.24, 2.45) is 0 Å². The molecule has 1 aromatic rings. The number of nitrogens with one attached hydrogen (secondary N) is 3. The third-order valence-corrected chi connectivity index (χ3v) is 2.90. The molecule has 0 saturated carbocycles. The normalized spacial score (nSPS) is 11.3. The molecule has 0 saturated heterocycles. The molecule has 0 aliphatic carbocycles. The van der Waals surface area contributed by atoms with Crippen molar-refractivity contribution in [2.45, 2.75) is 33.7 Å². The van der Waals surface area contributed by atoms with Crippen LogP contribution >= 0.6 is 0 Å². The third kappa shape index (κ3) is 6.06. The first-order valence-electron chi connectivity index (χ1n) is 7.76. The maximum atomic E-state index is 12.0. The first kappa shape index (κ1) is 18.6. The lowest BCUT2D eigenvalue weighted by Gasteiger charge is -2.18. The molecule has 23 heavy (non-hydrogen) atoms. The number of hydrogen-bond acceptors (Lipinski definition) is 5. The molecule has 7 nitrogen and oxygen atoms in total. The minimum absolute atomic E-state index is 0.430. The van der Waals surface area contributed by atoms with Crippen LogP contribution in [0.4, 0.5) is 10.5 Å². The van der Waals surface area contributed by atoms with Crippen molar-refractivity contribution in [1.29, 1.82) is 0 Å². The van der Waals surface area contributed by atoms with Gasteiger partial charge in [0.25, 0.3) is 0 Å². The number of hydrogen-bond donors (Lipinski definition) is 3. The van der Waals surface area contributed by atoms with Crippen LogP contribution in [0.1, 0.15) is 27.7 Å². The van der Waals surface area contributed by atoms with Crippen molar-refractivity contribution < 1.29 is 19.1 Å². The van der Waals surface area contributed by atoms with Crippen molar-refractivity contribution in [3.05, 3.63) is 18.2 Å². The van der Waals surface area contributed by atoms with E-state index in [2.05, 4.69) is 16.0 Å². The van der Waals surface area contributed by atoms with Gasteiger partial charge in [0.1, 0.15) is 17.5 Å². The molecule has 1 aromatic carbocycles. The third-order valence-electron chi connectivity index (χ3n) is 2.90. The van der Waals surface area contributed by atoms with Gasteiger partial charge in [-0.2, -0.15) is 0 Å². The molecule has 0 spiro atoms. The van der Waals surface area contributed by atoms with E-state index in [0.717, 1.165) is 0 Å². The SMILES string of the molecule is CCNC(=O)NC(=O)C(C)Nc1cc(OCC)ccc1OCC. The Labute approximate surface area is 136 Å². The van der Waals surface area contributed by atoms with Gasteiger partial charge in [0, 0.05) is 12.6 Å². The van der Waals surface area contributed by atoms with E-state index in [9.17, 15) is 9.59 Å². The fraction of sp³-hybridized carbons (Fsp3) is 0.500. The van der Waals surface area contributed by atoms with Crippen LogP contribution < -0.4 is 25.4 Å². The highest BCUT2D eigenvalue weighted by molar-refractivity contribution is 5.98. The first-order chi connectivity index (χ1) is 11.0. The lowest BCUT2D eigenvalue weighted by atomic mass is 10.2. The highest BCUT2D eigenvalue weighted by atomic mass is 16.5. The number of rotatable bonds is 8. The number of anilines is 1. The Morgan fingerprint density at radius 1 is 1.13 bits per heavy atom. The molecule has 0 heterocycles. The summed E-state index contributed by atoms with van der Waals surface area (Å²) in [6, 6.07) is 4.22. The average Bonchev–Trinajstić information content (AvgIpc) is 2.50. The lowest BCUT2D eigenvalue weighted by Crippen LogP contribution is -2.45. The zero-order chi connectivity index (χ0) is 17.2. The number of amides is 3. The monoisotopic (exact) mass is 323 g/mol. The zero-order valence-corrected chi connectivity index (χ0v) is 14.1. The van der Waals surface area contributed by atoms with Gasteiger partial charge in [-0.1, -0.05) is 0 Å². The van der Waals surface area contributed by atoms with Crippen molar-refractivity contribution in [1.82, 2.24) is 10.6 Å². The van der Waals surface area contributed by atoms with Crippen molar-refractivity contribution >= 4 is 17.6 Å². The smallest absolute Gasteiger partial charge is 0.321 e. The van der Waals surface area contributed by atoms with Gasteiger partial charge in [0.15, 0.2) is 0 Å². The topological polar surface area (TPSA) is 88.7 Å². The van der Waals surface area contributed by atoms with Gasteiger partial charge in [0.2, 0.25) is 5.91 Å². The van der Waals surface area contributed by atoms with Gasteiger partial charge in [-0.3, -0.25) is 10.1 Å². The van der Waals surface area contributed by atoms with Crippen LogP contribution in [0.25, 0.3) is 0 Å². The Kier molecular flexibility index (Phi) is 7.73. The van der Waals surface area contributed by atoms with Crippen LogP contribution in [0.2, 0.25) is 0 Å². The molecule has 0 radical (unpaired) electrons. The predicted molar refractivity (Wildman–Crippen MR) is 89.1 cm³/mol. The van der Waals surface area contributed by atoms with Crippen LogP contribution in [0.15, 0.2) is 18.2 Å². The van der Waals surface area contributed by atoms with Crippen LogP contribution in [-0.2, 0) is 4.79 Å². The second-order valence-electron chi connectivity index (χ2n) is 4.74. The molecule has 128 valence electrons. The minimum Gasteiger partial charge on any atom is -0.494 e. The Morgan fingerprint density at radius 2 is 1.83 bits per heavy atom. The lowest BCUT2D eigenvalue weighted by molar-refractivity contribution is -0.120. The van der Waals surface area contributed by atoms with E-state index >= 15 is 0 Å². The Morgan fingerprint density at radius 3 is 2.43 bits per heavy atom. The summed E-state index contributed by atoms with van der Waals surface area (Å²) in [6.07, 6.45) is 0. The molecule has 0 fully saturated rings. The van der Waals surface area contributed by atoms with Crippen molar-refractivity contribution in [2.75, 3.05) is 25.1 Å². The van der Waals surface area contributed by atoms with Crippen molar-refractivity contribution in [3.63, 3.8) is 0 Å². The summed E-state index contributed by atoms with van der Waals surface area (Å²) >= 11 is 0. The molecule has 0 aliphatic heterocycles. The largest absolute Gasteiger partial charge is 0.494 e. The van der Waals surface area contributed by atoms with E-state index in [-0.39, 0.29) is 0 Å². The summed E-state index contributed by atoms with van der Waals surface area (Å²) in [5, 5.41) is 7.82. The van der Waals surface area contributed by atoms with Gasteiger partial charge >= 0.3 is 6.03 Å². The molecular weight excluding hydrogens is 298 g/mol. The van der Waals surface area contributed by atoms with Gasteiger partial charge < -0.3 is 20.1 Å². The van der Waals surface area contributed by atoms with Gasteiger partial charge in [-0.05, 0) is 39.8 Å². The molecule has 3 amide bonds. The van der Waals surface area contributed by atoms with Crippen LogP contribution in [0, 0.1) is 0 Å². The summed E-state index contributed by atoms with van der Waals surface area (Å²) in [5.41, 5.74) is 0.636. The summed E-state index contributed by atoms with van der Waals surface area (Å²) in [5.74, 6) is 0.864. The Balaban J connectivity index is 2.81. The summed E-state index contributed by atoms with van der Waals surface area (Å²) < 4.78 is 11.0. The van der Waals surface area contributed by atoms with E-state index < -0.39 is 18.0 Å². The van der Waals surface area contributed by atoms with Crippen LogP contribution in [0.3, 0.4) is 0 Å². The molecular formula is C16H25N3O4. The van der Waals surface area contributed by atoms with Gasteiger partial charge in [0.05, 0.1) is 18.9 Å². The number of carbonyl (C=O) groups is 2. The molecule has 0 aromatic heterocycles. The second-order valence-corrected chi connectivity index (χ2v) is 4.74. The first-order valence-corrected chi connectivity index (χ1v) is 7.76. The Bertz CT molecular complexity index is 534. The number of carbonyl (C=O) groups excluding carboxylic acids is 2. The van der Waals surface area contributed by atoms with Gasteiger partial charge in [-0.15, -0.1) is 0 Å². The molecule has 1 atom stereocenters. The number of ether oxygens (including phenoxy) is 2. The van der Waals surface area contributed by atoms with E-state index in [1.807, 2.05) is 13.8 Å². The summed E-state index contributed by atoms with van der Waals surface area (Å²) in [7, 11) is 0. The summed E-state index contributed by atoms with van der Waals surface area (Å²) in [4.78, 5) is 23.4. The molecule has 0 aliphatic rings. The number of urea groups is 1. The molecule has 1 unspecified atom stereocenters. The maximum Gasteiger partial charge on any atom is 0.321 e. The zero-order valence-electron chi connectivity index (χ0n) is 14.1. The Hall–Kier alpha value is -2.44. The molecule has 7 heteroatoms.